The molecule has 4 rings (SSSR count). The summed E-state index contributed by atoms with van der Waals surface area (Å²) >= 11 is 6.34. The zero-order chi connectivity index (χ0) is 24.8. The van der Waals surface area contributed by atoms with Crippen molar-refractivity contribution in [1.82, 2.24) is 14.9 Å². The van der Waals surface area contributed by atoms with Crippen molar-refractivity contribution in [1.29, 1.82) is 0 Å². The number of likely N-dealkylation sites (tertiary alicyclic amines) is 1. The summed E-state index contributed by atoms with van der Waals surface area (Å²) in [4.78, 5) is 22.7. The lowest BCUT2D eigenvalue weighted by atomic mass is 9.74. The summed E-state index contributed by atoms with van der Waals surface area (Å²) in [5, 5.41) is 10.9. The van der Waals surface area contributed by atoms with Gasteiger partial charge in [-0.25, -0.2) is 4.39 Å². The molecule has 0 spiro atoms. The van der Waals surface area contributed by atoms with Crippen molar-refractivity contribution in [2.75, 3.05) is 26.7 Å². The average molecular weight is 496 g/mol. The number of fused-ring (bicyclic) bond motifs is 1. The van der Waals surface area contributed by atoms with Gasteiger partial charge in [-0.3, -0.25) is 19.7 Å². The van der Waals surface area contributed by atoms with E-state index in [1.165, 1.54) is 6.20 Å². The molecule has 3 heterocycles. The second-order valence-electron chi connectivity index (χ2n) is 8.81. The van der Waals surface area contributed by atoms with Crippen LogP contribution in [-0.2, 0) is 4.79 Å². The number of carboxylic acid groups (broad SMARTS) is 1. The van der Waals surface area contributed by atoms with Gasteiger partial charge in [0.25, 0.3) is 0 Å². The van der Waals surface area contributed by atoms with E-state index in [0.29, 0.717) is 54.7 Å². The van der Waals surface area contributed by atoms with Crippen molar-refractivity contribution < 1.29 is 19.0 Å². The van der Waals surface area contributed by atoms with Gasteiger partial charge >= 0.3 is 5.97 Å². The number of carbonyl (C=O) groups is 1. The largest absolute Gasteiger partial charge is 0.497 e. The lowest BCUT2D eigenvalue weighted by molar-refractivity contribution is -0.152. The topological polar surface area (TPSA) is 75.6 Å². The normalized spacial score (nSPS) is 16.3. The summed E-state index contributed by atoms with van der Waals surface area (Å²) in [5.41, 5.74) is 0.875. The Morgan fingerprint density at radius 2 is 2.03 bits per heavy atom. The average Bonchev–Trinajstić information content (AvgIpc) is 2.88. The van der Waals surface area contributed by atoms with Crippen molar-refractivity contribution in [3.05, 3.63) is 65.1 Å². The molecule has 182 valence electrons. The Labute approximate surface area is 209 Å². The third-order valence-electron chi connectivity index (χ3n) is 6.74. The highest BCUT2D eigenvalue weighted by Crippen LogP contribution is 2.42. The van der Waals surface area contributed by atoms with Gasteiger partial charge in [0.15, 0.2) is 0 Å². The van der Waals surface area contributed by atoms with Gasteiger partial charge in [0.05, 0.1) is 29.6 Å². The van der Waals surface area contributed by atoms with Crippen molar-refractivity contribution in [3.8, 4) is 17.6 Å². The molecule has 1 fully saturated rings. The predicted octanol–water partition coefficient (Wildman–Crippen LogP) is 5.30. The van der Waals surface area contributed by atoms with Crippen molar-refractivity contribution in [2.45, 2.75) is 31.9 Å². The number of carboxylic acids is 1. The molecule has 1 N–H and O–H groups in total. The minimum Gasteiger partial charge on any atom is -0.497 e. The van der Waals surface area contributed by atoms with Crippen LogP contribution in [0.15, 0.2) is 48.9 Å². The van der Waals surface area contributed by atoms with E-state index in [1.807, 2.05) is 12.1 Å². The molecule has 6 nitrogen and oxygen atoms in total. The number of piperidine rings is 1. The van der Waals surface area contributed by atoms with Crippen LogP contribution in [0.3, 0.4) is 0 Å². The number of halogens is 2. The molecule has 3 aromatic rings. The van der Waals surface area contributed by atoms with Crippen LogP contribution in [-0.4, -0.2) is 52.7 Å². The quantitative estimate of drug-likeness (QED) is 0.448. The number of aliphatic carboxylic acids is 1. The van der Waals surface area contributed by atoms with Crippen LogP contribution in [0.2, 0.25) is 5.02 Å². The van der Waals surface area contributed by atoms with Crippen LogP contribution in [0.4, 0.5) is 4.39 Å². The minimum absolute atomic E-state index is 0.0597. The van der Waals surface area contributed by atoms with E-state index in [2.05, 4.69) is 26.7 Å². The molecule has 35 heavy (non-hydrogen) atoms. The first-order chi connectivity index (χ1) is 16.9. The van der Waals surface area contributed by atoms with E-state index in [4.69, 9.17) is 16.3 Å². The summed E-state index contributed by atoms with van der Waals surface area (Å²) < 4.78 is 20.8. The lowest BCUT2D eigenvalue weighted by Crippen LogP contribution is -2.44. The van der Waals surface area contributed by atoms with Gasteiger partial charge in [0.1, 0.15) is 11.9 Å². The maximum absolute atomic E-state index is 15.6. The SMILES string of the molecule is COc1ccc2ncc(Cl)c([C@@H](F)CCC3(C(=O)O)CCN(CC#Cc4ccncc4)CC3)c2c1. The third kappa shape index (κ3) is 5.72. The maximum Gasteiger partial charge on any atom is 0.309 e. The van der Waals surface area contributed by atoms with Gasteiger partial charge in [-0.15, -0.1) is 0 Å². The molecule has 1 aliphatic rings. The Balaban J connectivity index is 1.42. The second kappa shape index (κ2) is 11.0. The van der Waals surface area contributed by atoms with Crippen molar-refractivity contribution >= 4 is 28.5 Å². The van der Waals surface area contributed by atoms with Gasteiger partial charge in [-0.05, 0) is 56.0 Å². The highest BCUT2D eigenvalue weighted by atomic mass is 35.5. The van der Waals surface area contributed by atoms with Gasteiger partial charge < -0.3 is 9.84 Å². The molecule has 1 aromatic carbocycles. The van der Waals surface area contributed by atoms with E-state index in [0.717, 1.165) is 5.56 Å². The number of hydrogen-bond donors (Lipinski definition) is 1. The number of nitrogens with zero attached hydrogens (tertiary/aromatic N) is 3. The number of pyridine rings is 2. The van der Waals surface area contributed by atoms with Gasteiger partial charge in [-0.2, -0.15) is 0 Å². The first-order valence-electron chi connectivity index (χ1n) is 11.5. The Bertz CT molecular complexity index is 1250. The summed E-state index contributed by atoms with van der Waals surface area (Å²) in [5.74, 6) is 5.94. The highest BCUT2D eigenvalue weighted by molar-refractivity contribution is 6.32. The zero-order valence-corrected chi connectivity index (χ0v) is 20.3. The standard InChI is InChI=1S/C27H27ClFN3O3/c1-35-20-4-5-24-21(17-20)25(22(28)18-31-24)23(29)6-9-27(26(33)34)10-15-32(16-11-27)14-2-3-19-7-12-30-13-8-19/h4-5,7-8,12-13,17-18,23H,6,9-11,14-16H2,1H3,(H,33,34)/t23-/m0/s1. The summed E-state index contributed by atoms with van der Waals surface area (Å²) in [6, 6.07) is 8.93. The van der Waals surface area contributed by atoms with Crippen LogP contribution in [0, 0.1) is 17.3 Å². The van der Waals surface area contributed by atoms with E-state index >= 15 is 4.39 Å². The van der Waals surface area contributed by atoms with Crippen LogP contribution in [0.1, 0.15) is 43.0 Å². The number of hydrogen-bond acceptors (Lipinski definition) is 5. The fourth-order valence-corrected chi connectivity index (χ4v) is 4.83. The Hall–Kier alpha value is -3.21. The molecule has 2 aromatic heterocycles. The Kier molecular flexibility index (Phi) is 7.84. The Morgan fingerprint density at radius 3 is 2.71 bits per heavy atom. The molecule has 0 saturated carbocycles. The van der Waals surface area contributed by atoms with E-state index in [9.17, 15) is 9.90 Å². The molecule has 0 bridgehead atoms. The molecule has 0 radical (unpaired) electrons. The molecule has 0 aliphatic carbocycles. The number of rotatable bonds is 7. The first-order valence-corrected chi connectivity index (χ1v) is 11.9. The van der Waals surface area contributed by atoms with Gasteiger partial charge in [-0.1, -0.05) is 23.4 Å². The fourth-order valence-electron chi connectivity index (χ4n) is 4.56. The summed E-state index contributed by atoms with van der Waals surface area (Å²) in [6.07, 6.45) is 4.60. The smallest absolute Gasteiger partial charge is 0.309 e. The minimum atomic E-state index is -1.42. The highest BCUT2D eigenvalue weighted by Gasteiger charge is 2.41. The maximum atomic E-state index is 15.6. The Morgan fingerprint density at radius 1 is 1.29 bits per heavy atom. The number of ether oxygens (including phenoxy) is 1. The van der Waals surface area contributed by atoms with Crippen LogP contribution < -0.4 is 4.74 Å². The predicted molar refractivity (Wildman–Crippen MR) is 133 cm³/mol. The zero-order valence-electron chi connectivity index (χ0n) is 19.5. The second-order valence-corrected chi connectivity index (χ2v) is 9.22. The van der Waals surface area contributed by atoms with Crippen LogP contribution >= 0.6 is 11.6 Å². The van der Waals surface area contributed by atoms with Gasteiger partial charge in [0, 0.05) is 48.2 Å². The fraction of sp³-hybridized carbons (Fsp3) is 0.370. The number of methoxy groups -OCH3 is 1. The molecule has 8 heteroatoms. The van der Waals surface area contributed by atoms with Crippen molar-refractivity contribution in [3.63, 3.8) is 0 Å². The molecular weight excluding hydrogens is 469 g/mol. The van der Waals surface area contributed by atoms with E-state index in [1.54, 1.807) is 37.7 Å². The van der Waals surface area contributed by atoms with Crippen molar-refractivity contribution in [2.24, 2.45) is 5.41 Å². The summed E-state index contributed by atoms with van der Waals surface area (Å²) in [6.45, 7) is 1.76. The molecule has 1 aliphatic heterocycles. The number of alkyl halides is 1. The van der Waals surface area contributed by atoms with Crippen LogP contribution in [0.25, 0.3) is 10.9 Å². The monoisotopic (exact) mass is 495 g/mol. The first kappa shape index (κ1) is 24.9. The lowest BCUT2D eigenvalue weighted by Gasteiger charge is -2.38. The van der Waals surface area contributed by atoms with E-state index < -0.39 is 17.6 Å². The molecule has 1 atom stereocenters. The summed E-state index contributed by atoms with van der Waals surface area (Å²) in [7, 11) is 1.54. The third-order valence-corrected chi connectivity index (χ3v) is 7.04. The van der Waals surface area contributed by atoms with Crippen LogP contribution in [0.5, 0.6) is 5.75 Å². The molecule has 1 saturated heterocycles. The number of benzene rings is 1. The molecule has 0 amide bonds. The van der Waals surface area contributed by atoms with E-state index in [-0.39, 0.29) is 17.9 Å². The molecule has 0 unspecified atom stereocenters. The van der Waals surface area contributed by atoms with Gasteiger partial charge in [0.2, 0.25) is 0 Å². The number of aromatic nitrogens is 2. The molecular formula is C27H27ClFN3O3.